The Morgan fingerprint density at radius 2 is 2.24 bits per heavy atom. The summed E-state index contributed by atoms with van der Waals surface area (Å²) in [5.41, 5.74) is 2.05. The molecule has 0 radical (unpaired) electrons. The van der Waals surface area contributed by atoms with Crippen LogP contribution in [0.3, 0.4) is 0 Å². The summed E-state index contributed by atoms with van der Waals surface area (Å²) in [6, 6.07) is 8.82. The van der Waals surface area contributed by atoms with Gasteiger partial charge in [0.2, 0.25) is 6.79 Å². The summed E-state index contributed by atoms with van der Waals surface area (Å²) in [5, 5.41) is 3.14. The summed E-state index contributed by atoms with van der Waals surface area (Å²) < 4.78 is 10.7. The molecule has 0 saturated carbocycles. The van der Waals surface area contributed by atoms with Gasteiger partial charge < -0.3 is 14.8 Å². The fourth-order valence-electron chi connectivity index (χ4n) is 2.17. The van der Waals surface area contributed by atoms with Crippen molar-refractivity contribution >= 4 is 17.5 Å². The molecule has 1 aliphatic rings. The largest absolute Gasteiger partial charge is 0.454 e. The van der Waals surface area contributed by atoms with E-state index < -0.39 is 0 Å². The van der Waals surface area contributed by atoms with Gasteiger partial charge in [0.25, 0.3) is 5.91 Å². The van der Waals surface area contributed by atoms with Crippen LogP contribution >= 0.6 is 11.6 Å². The van der Waals surface area contributed by atoms with E-state index in [4.69, 9.17) is 21.1 Å². The summed E-state index contributed by atoms with van der Waals surface area (Å²) in [6.45, 7) is 2.35. The lowest BCUT2D eigenvalue weighted by Crippen LogP contribution is -2.23. The van der Waals surface area contributed by atoms with Gasteiger partial charge in [-0.15, -0.1) is 0 Å². The zero-order valence-corrected chi connectivity index (χ0v) is 12.1. The van der Waals surface area contributed by atoms with Crippen LogP contribution in [0, 0.1) is 6.92 Å². The summed E-state index contributed by atoms with van der Waals surface area (Å²) in [7, 11) is 0. The first-order valence-electron chi connectivity index (χ1n) is 6.43. The van der Waals surface area contributed by atoms with Crippen molar-refractivity contribution in [1.82, 2.24) is 10.3 Å². The summed E-state index contributed by atoms with van der Waals surface area (Å²) in [4.78, 5) is 16.2. The van der Waals surface area contributed by atoms with Gasteiger partial charge in [-0.1, -0.05) is 23.7 Å². The normalized spacial score (nSPS) is 12.3. The Bertz CT molecular complexity index is 683. The zero-order chi connectivity index (χ0) is 14.8. The van der Waals surface area contributed by atoms with Gasteiger partial charge in [0, 0.05) is 23.4 Å². The number of ether oxygens (including phenoxy) is 2. The maximum absolute atomic E-state index is 12.2. The van der Waals surface area contributed by atoms with Gasteiger partial charge in [0.1, 0.15) is 5.15 Å². The Morgan fingerprint density at radius 1 is 1.38 bits per heavy atom. The van der Waals surface area contributed by atoms with Crippen molar-refractivity contribution in [2.45, 2.75) is 13.5 Å². The predicted molar refractivity (Wildman–Crippen MR) is 77.7 cm³/mol. The van der Waals surface area contributed by atoms with E-state index in [2.05, 4.69) is 10.3 Å². The van der Waals surface area contributed by atoms with Crippen LogP contribution in [0.25, 0.3) is 0 Å². The fraction of sp³-hybridized carbons (Fsp3) is 0.200. The highest BCUT2D eigenvalue weighted by Gasteiger charge is 2.17. The van der Waals surface area contributed by atoms with Crippen LogP contribution in [-0.2, 0) is 6.54 Å². The molecule has 6 heteroatoms. The first-order chi connectivity index (χ1) is 10.1. The van der Waals surface area contributed by atoms with Crippen molar-refractivity contribution in [2.24, 2.45) is 0 Å². The highest BCUT2D eigenvalue weighted by Crippen LogP contribution is 2.35. The second-order valence-corrected chi connectivity index (χ2v) is 5.04. The molecule has 3 rings (SSSR count). The smallest absolute Gasteiger partial charge is 0.251 e. The Hall–Kier alpha value is -2.27. The van der Waals surface area contributed by atoms with Crippen molar-refractivity contribution in [3.05, 3.63) is 52.3 Å². The van der Waals surface area contributed by atoms with Crippen LogP contribution < -0.4 is 14.8 Å². The number of para-hydroxylation sites is 1. The van der Waals surface area contributed by atoms with Crippen molar-refractivity contribution < 1.29 is 14.3 Å². The third-order valence-electron chi connectivity index (χ3n) is 3.10. The number of carbonyl (C=O) groups is 1. The van der Waals surface area contributed by atoms with E-state index in [9.17, 15) is 4.79 Å². The van der Waals surface area contributed by atoms with Crippen LogP contribution in [0.2, 0.25) is 5.15 Å². The highest BCUT2D eigenvalue weighted by molar-refractivity contribution is 6.29. The van der Waals surface area contributed by atoms with Crippen molar-refractivity contribution in [3.63, 3.8) is 0 Å². The van der Waals surface area contributed by atoms with Crippen LogP contribution in [0.4, 0.5) is 0 Å². The Balaban J connectivity index is 1.73. The number of amides is 1. The standard InChI is InChI=1S/C15H13ClN2O3/c1-9-5-11(6-13(16)18-9)15(19)17-7-10-3-2-4-12-14(10)21-8-20-12/h2-6H,7-8H2,1H3,(H,17,19). The Morgan fingerprint density at radius 3 is 3.05 bits per heavy atom. The second-order valence-electron chi connectivity index (χ2n) is 4.65. The fourth-order valence-corrected chi connectivity index (χ4v) is 2.42. The number of fused-ring (bicyclic) bond motifs is 1. The van der Waals surface area contributed by atoms with E-state index in [1.54, 1.807) is 19.1 Å². The number of hydrogen-bond acceptors (Lipinski definition) is 4. The van der Waals surface area contributed by atoms with Gasteiger partial charge in [0.05, 0.1) is 0 Å². The van der Waals surface area contributed by atoms with Crippen LogP contribution in [0.5, 0.6) is 11.5 Å². The molecule has 1 N–H and O–H groups in total. The molecule has 0 unspecified atom stereocenters. The molecule has 1 amide bonds. The van der Waals surface area contributed by atoms with E-state index in [1.165, 1.54) is 0 Å². The van der Waals surface area contributed by atoms with Crippen LogP contribution in [-0.4, -0.2) is 17.7 Å². The number of hydrogen-bond donors (Lipinski definition) is 1. The molecule has 1 aliphatic heterocycles. The number of benzene rings is 1. The van der Waals surface area contributed by atoms with Crippen LogP contribution in [0.1, 0.15) is 21.6 Å². The SMILES string of the molecule is Cc1cc(C(=O)NCc2cccc3c2OCO3)cc(Cl)n1. The summed E-state index contributed by atoms with van der Waals surface area (Å²) >= 11 is 5.86. The molecule has 0 atom stereocenters. The zero-order valence-electron chi connectivity index (χ0n) is 11.4. The lowest BCUT2D eigenvalue weighted by atomic mass is 10.1. The minimum absolute atomic E-state index is 0.208. The molecule has 2 heterocycles. The number of pyridine rings is 1. The van der Waals surface area contributed by atoms with Crippen molar-refractivity contribution in [2.75, 3.05) is 6.79 Å². The van der Waals surface area contributed by atoms with E-state index in [0.29, 0.717) is 34.5 Å². The Kier molecular flexibility index (Phi) is 3.66. The van der Waals surface area contributed by atoms with Gasteiger partial charge in [-0.05, 0) is 25.1 Å². The van der Waals surface area contributed by atoms with E-state index >= 15 is 0 Å². The number of carbonyl (C=O) groups excluding carboxylic acids is 1. The van der Waals surface area contributed by atoms with Crippen LogP contribution in [0.15, 0.2) is 30.3 Å². The third-order valence-corrected chi connectivity index (χ3v) is 3.30. The maximum atomic E-state index is 12.2. The Labute approximate surface area is 126 Å². The molecule has 0 saturated heterocycles. The van der Waals surface area contributed by atoms with E-state index in [0.717, 1.165) is 5.56 Å². The molecule has 0 spiro atoms. The van der Waals surface area contributed by atoms with E-state index in [-0.39, 0.29) is 12.7 Å². The topological polar surface area (TPSA) is 60.5 Å². The number of rotatable bonds is 3. The molecule has 2 aromatic rings. The van der Waals surface area contributed by atoms with Gasteiger partial charge in [0.15, 0.2) is 11.5 Å². The van der Waals surface area contributed by atoms with Gasteiger partial charge in [-0.3, -0.25) is 4.79 Å². The van der Waals surface area contributed by atoms with Gasteiger partial charge in [-0.2, -0.15) is 0 Å². The lowest BCUT2D eigenvalue weighted by molar-refractivity contribution is 0.0950. The van der Waals surface area contributed by atoms with Crippen molar-refractivity contribution in [3.8, 4) is 11.5 Å². The number of halogens is 1. The van der Waals surface area contributed by atoms with E-state index in [1.807, 2.05) is 18.2 Å². The monoisotopic (exact) mass is 304 g/mol. The second kappa shape index (κ2) is 5.61. The molecule has 0 bridgehead atoms. The summed E-state index contributed by atoms with van der Waals surface area (Å²) in [6.07, 6.45) is 0. The molecule has 21 heavy (non-hydrogen) atoms. The summed E-state index contributed by atoms with van der Waals surface area (Å²) in [5.74, 6) is 1.17. The first-order valence-corrected chi connectivity index (χ1v) is 6.81. The average molecular weight is 305 g/mol. The maximum Gasteiger partial charge on any atom is 0.251 e. The lowest BCUT2D eigenvalue weighted by Gasteiger charge is -2.08. The minimum atomic E-state index is -0.209. The highest BCUT2D eigenvalue weighted by atomic mass is 35.5. The van der Waals surface area contributed by atoms with Crippen molar-refractivity contribution in [1.29, 1.82) is 0 Å². The molecular formula is C15H13ClN2O3. The molecule has 0 fully saturated rings. The third kappa shape index (κ3) is 2.92. The molecule has 1 aromatic carbocycles. The quantitative estimate of drug-likeness (QED) is 0.886. The van der Waals surface area contributed by atoms with Gasteiger partial charge in [-0.25, -0.2) is 4.98 Å². The number of nitrogens with one attached hydrogen (secondary N) is 1. The number of aromatic nitrogens is 1. The minimum Gasteiger partial charge on any atom is -0.454 e. The van der Waals surface area contributed by atoms with Gasteiger partial charge >= 0.3 is 0 Å². The number of aryl methyl sites for hydroxylation is 1. The molecule has 5 nitrogen and oxygen atoms in total. The molecule has 1 aromatic heterocycles. The predicted octanol–water partition coefficient (Wildman–Crippen LogP) is 2.70. The molecule has 108 valence electrons. The molecule has 0 aliphatic carbocycles. The average Bonchev–Trinajstić information content (AvgIpc) is 2.92. The number of nitrogens with zero attached hydrogens (tertiary/aromatic N) is 1. The molecular weight excluding hydrogens is 292 g/mol. The first kappa shape index (κ1) is 13.7.